The Balaban J connectivity index is 1.71. The molecule has 0 spiro atoms. The molecule has 1 aromatic rings. The van der Waals surface area contributed by atoms with Gasteiger partial charge in [-0.1, -0.05) is 17.7 Å². The lowest BCUT2D eigenvalue weighted by Gasteiger charge is -2.32. The molecule has 3 rings (SSSR count). The van der Waals surface area contributed by atoms with Gasteiger partial charge >= 0.3 is 6.03 Å². The van der Waals surface area contributed by atoms with Crippen molar-refractivity contribution in [3.05, 3.63) is 23.2 Å². The van der Waals surface area contributed by atoms with Crippen LogP contribution in [0, 0.1) is 0 Å². The predicted molar refractivity (Wildman–Crippen MR) is 98.8 cm³/mol. The Hall–Kier alpha value is -1.99. The van der Waals surface area contributed by atoms with Crippen LogP contribution in [0.5, 0.6) is 5.75 Å². The van der Waals surface area contributed by atoms with Gasteiger partial charge in [-0.05, 0) is 31.9 Å². The number of benzene rings is 1. The van der Waals surface area contributed by atoms with Crippen LogP contribution in [0.4, 0.5) is 10.5 Å². The number of para-hydroxylation sites is 1. The molecule has 1 N–H and O–H groups in total. The molecule has 1 aromatic carbocycles. The summed E-state index contributed by atoms with van der Waals surface area (Å²) in [7, 11) is 0. The summed E-state index contributed by atoms with van der Waals surface area (Å²) in [4.78, 5) is 29.0. The number of hydrogen-bond donors (Lipinski definition) is 1. The van der Waals surface area contributed by atoms with E-state index in [1.54, 1.807) is 28.0 Å². The van der Waals surface area contributed by atoms with Gasteiger partial charge < -0.3 is 24.6 Å². The molecule has 0 unspecified atom stereocenters. The third-order valence-corrected chi connectivity index (χ3v) is 4.92. The fourth-order valence-electron chi connectivity index (χ4n) is 3.35. The highest BCUT2D eigenvalue weighted by Crippen LogP contribution is 2.33. The van der Waals surface area contributed by atoms with Gasteiger partial charge in [-0.3, -0.25) is 4.79 Å². The quantitative estimate of drug-likeness (QED) is 0.870. The molecule has 142 valence electrons. The minimum Gasteiger partial charge on any atom is -0.490 e. The van der Waals surface area contributed by atoms with Gasteiger partial charge in [-0.2, -0.15) is 0 Å². The van der Waals surface area contributed by atoms with E-state index < -0.39 is 6.04 Å². The second-order valence-electron chi connectivity index (χ2n) is 6.27. The fraction of sp³-hybridized carbons (Fsp3) is 0.556. The number of amides is 3. The monoisotopic (exact) mass is 381 g/mol. The fourth-order valence-corrected chi connectivity index (χ4v) is 3.58. The van der Waals surface area contributed by atoms with E-state index in [4.69, 9.17) is 21.1 Å². The number of halogens is 1. The van der Waals surface area contributed by atoms with Crippen LogP contribution in [0.1, 0.15) is 19.8 Å². The number of carbonyl (C=O) groups excluding carboxylic acids is 2. The van der Waals surface area contributed by atoms with Crippen LogP contribution >= 0.6 is 11.6 Å². The van der Waals surface area contributed by atoms with Gasteiger partial charge in [0.15, 0.2) is 5.75 Å². The lowest BCUT2D eigenvalue weighted by Crippen LogP contribution is -2.51. The summed E-state index contributed by atoms with van der Waals surface area (Å²) in [6.45, 7) is 5.09. The molecule has 2 aliphatic rings. The molecule has 7 nitrogen and oxygen atoms in total. The van der Waals surface area contributed by atoms with Crippen molar-refractivity contribution in [2.45, 2.75) is 25.8 Å². The van der Waals surface area contributed by atoms with E-state index in [-0.39, 0.29) is 11.9 Å². The lowest BCUT2D eigenvalue weighted by atomic mass is 10.2. The van der Waals surface area contributed by atoms with E-state index in [1.807, 2.05) is 6.92 Å². The van der Waals surface area contributed by atoms with E-state index in [0.29, 0.717) is 62.3 Å². The third kappa shape index (κ3) is 4.04. The molecular formula is C18H24ClN3O4. The van der Waals surface area contributed by atoms with Gasteiger partial charge in [0.1, 0.15) is 6.04 Å². The number of ether oxygens (including phenoxy) is 2. The first-order valence-electron chi connectivity index (χ1n) is 8.97. The van der Waals surface area contributed by atoms with Crippen molar-refractivity contribution >= 4 is 29.2 Å². The van der Waals surface area contributed by atoms with Gasteiger partial charge in [-0.15, -0.1) is 0 Å². The Bertz CT molecular complexity index is 664. The highest BCUT2D eigenvalue weighted by molar-refractivity contribution is 6.32. The van der Waals surface area contributed by atoms with Crippen molar-refractivity contribution in [3.8, 4) is 5.75 Å². The van der Waals surface area contributed by atoms with Crippen LogP contribution in [0.2, 0.25) is 5.02 Å². The molecule has 1 atom stereocenters. The lowest BCUT2D eigenvalue weighted by molar-refractivity contribution is -0.139. The molecule has 2 aliphatic heterocycles. The van der Waals surface area contributed by atoms with Crippen LogP contribution in [-0.4, -0.2) is 67.2 Å². The number of nitrogens with one attached hydrogen (secondary N) is 1. The number of urea groups is 1. The van der Waals surface area contributed by atoms with Crippen molar-refractivity contribution in [1.82, 2.24) is 9.80 Å². The maximum atomic E-state index is 12.8. The second-order valence-corrected chi connectivity index (χ2v) is 6.68. The van der Waals surface area contributed by atoms with Crippen LogP contribution in [0.15, 0.2) is 18.2 Å². The zero-order valence-corrected chi connectivity index (χ0v) is 15.6. The minimum absolute atomic E-state index is 0.00271. The number of carbonyl (C=O) groups is 2. The molecular weight excluding hydrogens is 358 g/mol. The number of anilines is 1. The standard InChI is InChI=1S/C18H24ClN3O4/c1-2-26-16-13(19)5-3-6-14(16)20-18(24)22-8-4-7-15(22)17(23)21-9-11-25-12-10-21/h3,5-6,15H,2,4,7-12H2,1H3,(H,20,24)/t15-/m0/s1. The average molecular weight is 382 g/mol. The molecule has 0 radical (unpaired) electrons. The molecule has 0 aliphatic carbocycles. The minimum atomic E-state index is -0.428. The van der Waals surface area contributed by atoms with Crippen molar-refractivity contribution < 1.29 is 19.1 Å². The third-order valence-electron chi connectivity index (χ3n) is 4.62. The van der Waals surface area contributed by atoms with Crippen LogP contribution in [0.3, 0.4) is 0 Å². The normalized spacial score (nSPS) is 20.2. The maximum absolute atomic E-state index is 12.8. The van der Waals surface area contributed by atoms with E-state index in [0.717, 1.165) is 6.42 Å². The summed E-state index contributed by atoms with van der Waals surface area (Å²) in [5.41, 5.74) is 0.508. The molecule has 0 saturated carbocycles. The summed E-state index contributed by atoms with van der Waals surface area (Å²) in [5, 5.41) is 3.29. The van der Waals surface area contributed by atoms with Crippen LogP contribution in [0.25, 0.3) is 0 Å². The molecule has 0 aromatic heterocycles. The predicted octanol–water partition coefficient (Wildman–Crippen LogP) is 2.59. The molecule has 2 fully saturated rings. The number of hydrogen-bond acceptors (Lipinski definition) is 4. The molecule has 8 heteroatoms. The summed E-state index contributed by atoms with van der Waals surface area (Å²) in [6.07, 6.45) is 1.49. The number of morpholine rings is 1. The van der Waals surface area contributed by atoms with Gasteiger partial charge in [0.05, 0.1) is 30.5 Å². The SMILES string of the molecule is CCOc1c(Cl)cccc1NC(=O)N1CCC[C@H]1C(=O)N1CCOCC1. The van der Waals surface area contributed by atoms with Gasteiger partial charge in [0.2, 0.25) is 5.91 Å². The molecule has 3 amide bonds. The van der Waals surface area contributed by atoms with Crippen LogP contribution < -0.4 is 10.1 Å². The van der Waals surface area contributed by atoms with Gasteiger partial charge in [0.25, 0.3) is 0 Å². The first kappa shape index (κ1) is 18.8. The van der Waals surface area contributed by atoms with Crippen molar-refractivity contribution in [2.24, 2.45) is 0 Å². The highest BCUT2D eigenvalue weighted by Gasteiger charge is 2.37. The van der Waals surface area contributed by atoms with Crippen LogP contribution in [-0.2, 0) is 9.53 Å². The topological polar surface area (TPSA) is 71.1 Å². The average Bonchev–Trinajstić information content (AvgIpc) is 3.14. The number of rotatable bonds is 4. The summed E-state index contributed by atoms with van der Waals surface area (Å²) >= 11 is 6.17. The molecule has 2 heterocycles. The maximum Gasteiger partial charge on any atom is 0.322 e. The van der Waals surface area contributed by atoms with Crippen molar-refractivity contribution in [3.63, 3.8) is 0 Å². The summed E-state index contributed by atoms with van der Waals surface area (Å²) in [6, 6.07) is 4.47. The Morgan fingerprint density at radius 2 is 2.08 bits per heavy atom. The Labute approximate surface area is 158 Å². The van der Waals surface area contributed by atoms with Gasteiger partial charge in [-0.25, -0.2) is 4.79 Å². The second kappa shape index (κ2) is 8.60. The van der Waals surface area contributed by atoms with Crippen molar-refractivity contribution in [1.29, 1.82) is 0 Å². The number of nitrogens with zero attached hydrogens (tertiary/aromatic N) is 2. The largest absolute Gasteiger partial charge is 0.490 e. The van der Waals surface area contributed by atoms with Gasteiger partial charge in [0, 0.05) is 19.6 Å². The summed E-state index contributed by atoms with van der Waals surface area (Å²) in [5.74, 6) is 0.442. The Morgan fingerprint density at radius 3 is 2.81 bits per heavy atom. The zero-order valence-electron chi connectivity index (χ0n) is 14.9. The van der Waals surface area contributed by atoms with Crippen molar-refractivity contribution in [2.75, 3.05) is 44.8 Å². The first-order chi connectivity index (χ1) is 12.6. The van der Waals surface area contributed by atoms with E-state index in [9.17, 15) is 9.59 Å². The van der Waals surface area contributed by atoms with E-state index >= 15 is 0 Å². The highest BCUT2D eigenvalue weighted by atomic mass is 35.5. The Kier molecular flexibility index (Phi) is 6.21. The Morgan fingerprint density at radius 1 is 1.31 bits per heavy atom. The number of likely N-dealkylation sites (tertiary alicyclic amines) is 1. The molecule has 0 bridgehead atoms. The molecule has 2 saturated heterocycles. The smallest absolute Gasteiger partial charge is 0.322 e. The zero-order chi connectivity index (χ0) is 18.5. The van der Waals surface area contributed by atoms with E-state index in [2.05, 4.69) is 5.32 Å². The first-order valence-corrected chi connectivity index (χ1v) is 9.35. The summed E-state index contributed by atoms with van der Waals surface area (Å²) < 4.78 is 10.8. The van der Waals surface area contributed by atoms with E-state index in [1.165, 1.54) is 0 Å². The molecule has 26 heavy (non-hydrogen) atoms.